The number of likely N-dealkylation sites (tertiary alicyclic amines) is 1. The van der Waals surface area contributed by atoms with Crippen LogP contribution in [0.1, 0.15) is 16.4 Å². The van der Waals surface area contributed by atoms with E-state index in [1.807, 2.05) is 0 Å². The van der Waals surface area contributed by atoms with Gasteiger partial charge in [0.05, 0.1) is 15.8 Å². The van der Waals surface area contributed by atoms with Crippen molar-refractivity contribution in [2.24, 2.45) is 11.1 Å². The van der Waals surface area contributed by atoms with Crippen molar-refractivity contribution in [2.45, 2.75) is 21.1 Å². The van der Waals surface area contributed by atoms with Crippen LogP contribution in [0.2, 0.25) is 0 Å². The lowest BCUT2D eigenvalue weighted by Crippen LogP contribution is -2.36. The fraction of sp³-hybridized carbons (Fsp3) is 0.208. The van der Waals surface area contributed by atoms with E-state index in [-0.39, 0.29) is 15.5 Å². The number of fused-ring (bicyclic) bond motifs is 2. The van der Waals surface area contributed by atoms with Gasteiger partial charge in [0.1, 0.15) is 17.5 Å². The van der Waals surface area contributed by atoms with E-state index in [0.717, 1.165) is 23.1 Å². The van der Waals surface area contributed by atoms with Crippen molar-refractivity contribution >= 4 is 62.5 Å². The molecule has 3 aromatic rings. The number of nitrogens with one attached hydrogen (secondary N) is 2. The average molecular weight is 605 g/mol. The summed E-state index contributed by atoms with van der Waals surface area (Å²) in [5.74, 6) is -4.81. The standard InChI is InChI=1S/C24H20N4O9S3/c25-40(35,36)12-7-5-11(6-8-12)26-15(29)10-37-14-4-2-1-3-13(14)17-18-20(38-21-19(17)39-24(34)27-21)23(33)28(22(18)32)9-16(30)31/h1-8,17-18,20H,9-10H2,(H,26,29)(H,27,34)(H,30,31)(H2,25,35,36)/t17-,18?,20?/m0/s1. The molecule has 1 fully saturated rings. The summed E-state index contributed by atoms with van der Waals surface area (Å²) in [4.78, 5) is 65.9. The number of aromatic nitrogens is 1. The normalized spacial score (nSPS) is 20.1. The van der Waals surface area contributed by atoms with Crippen LogP contribution in [0.3, 0.4) is 0 Å². The number of carboxylic acids is 1. The van der Waals surface area contributed by atoms with Gasteiger partial charge in [0.15, 0.2) is 6.61 Å². The summed E-state index contributed by atoms with van der Waals surface area (Å²) in [6, 6.07) is 11.8. The number of amides is 3. The Morgan fingerprint density at radius 3 is 2.45 bits per heavy atom. The maximum atomic E-state index is 13.3. The van der Waals surface area contributed by atoms with Crippen molar-refractivity contribution in [3.8, 4) is 5.75 Å². The topological polar surface area (TPSA) is 206 Å². The van der Waals surface area contributed by atoms with Crippen LogP contribution >= 0.6 is 23.1 Å². The lowest BCUT2D eigenvalue weighted by molar-refractivity contribution is -0.149. The van der Waals surface area contributed by atoms with Crippen LogP contribution in [-0.2, 0) is 29.2 Å². The molecule has 5 rings (SSSR count). The number of carboxylic acid groups (broad SMARTS) is 1. The Hall–Kier alpha value is -3.99. The summed E-state index contributed by atoms with van der Waals surface area (Å²) in [6.07, 6.45) is 0. The zero-order chi connectivity index (χ0) is 28.8. The second kappa shape index (κ2) is 10.5. The minimum absolute atomic E-state index is 0.118. The van der Waals surface area contributed by atoms with E-state index >= 15 is 0 Å². The second-order valence-corrected chi connectivity index (χ2v) is 12.6. The van der Waals surface area contributed by atoms with Crippen molar-refractivity contribution in [2.75, 3.05) is 18.5 Å². The fourth-order valence-corrected chi connectivity index (χ4v) is 7.68. The predicted molar refractivity (Wildman–Crippen MR) is 143 cm³/mol. The Labute approximate surface area is 234 Å². The molecule has 5 N–H and O–H groups in total. The Morgan fingerprint density at radius 1 is 1.07 bits per heavy atom. The molecule has 3 atom stereocenters. The molecule has 3 heterocycles. The van der Waals surface area contributed by atoms with Gasteiger partial charge in [-0.2, -0.15) is 0 Å². The summed E-state index contributed by atoms with van der Waals surface area (Å²) in [5.41, 5.74) is 0.745. The van der Waals surface area contributed by atoms with Crippen LogP contribution in [0.4, 0.5) is 5.69 Å². The van der Waals surface area contributed by atoms with Gasteiger partial charge in [-0.15, -0.1) is 0 Å². The number of ether oxygens (including phenoxy) is 1. The number of hydrogen-bond donors (Lipinski definition) is 4. The summed E-state index contributed by atoms with van der Waals surface area (Å²) in [6.45, 7) is -1.24. The van der Waals surface area contributed by atoms with Gasteiger partial charge in [-0.1, -0.05) is 41.3 Å². The van der Waals surface area contributed by atoms with Crippen molar-refractivity contribution < 1.29 is 37.4 Å². The monoisotopic (exact) mass is 604 g/mol. The molecular weight excluding hydrogens is 584 g/mol. The van der Waals surface area contributed by atoms with Gasteiger partial charge in [-0.25, -0.2) is 13.6 Å². The third-order valence-electron chi connectivity index (χ3n) is 6.29. The Kier molecular flexibility index (Phi) is 7.26. The zero-order valence-corrected chi connectivity index (χ0v) is 22.7. The highest BCUT2D eigenvalue weighted by molar-refractivity contribution is 8.00. The first-order valence-corrected chi connectivity index (χ1v) is 14.8. The van der Waals surface area contributed by atoms with Gasteiger partial charge in [0.2, 0.25) is 21.8 Å². The van der Waals surface area contributed by atoms with Gasteiger partial charge in [-0.3, -0.25) is 28.9 Å². The molecule has 16 heteroatoms. The summed E-state index contributed by atoms with van der Waals surface area (Å²) < 4.78 is 28.6. The highest BCUT2D eigenvalue weighted by atomic mass is 32.2. The van der Waals surface area contributed by atoms with Crippen LogP contribution < -0.4 is 20.1 Å². The predicted octanol–water partition coefficient (Wildman–Crippen LogP) is 0.777. The van der Waals surface area contributed by atoms with Gasteiger partial charge in [-0.05, 0) is 30.3 Å². The second-order valence-electron chi connectivity index (χ2n) is 8.85. The molecule has 1 saturated heterocycles. The van der Waals surface area contributed by atoms with E-state index in [9.17, 15) is 37.5 Å². The minimum atomic E-state index is -3.89. The third kappa shape index (κ3) is 5.25. The number of thioether (sulfide) groups is 1. The number of carbonyl (C=O) groups excluding carboxylic acids is 3. The quantitative estimate of drug-likeness (QED) is 0.266. The molecule has 3 amide bonds. The Balaban J connectivity index is 1.41. The van der Waals surface area contributed by atoms with Gasteiger partial charge < -0.3 is 20.1 Å². The highest BCUT2D eigenvalue weighted by Gasteiger charge is 2.56. The number of nitrogens with two attached hydrogens (primary N) is 1. The molecule has 13 nitrogen and oxygen atoms in total. The number of primary sulfonamides is 1. The van der Waals surface area contributed by atoms with Crippen molar-refractivity contribution in [3.05, 3.63) is 68.6 Å². The lowest BCUT2D eigenvalue weighted by Gasteiger charge is -2.30. The smallest absolute Gasteiger partial charge is 0.323 e. The molecule has 2 unspecified atom stereocenters. The zero-order valence-electron chi connectivity index (χ0n) is 20.2. The molecule has 0 radical (unpaired) electrons. The van der Waals surface area contributed by atoms with Crippen LogP contribution in [0, 0.1) is 5.92 Å². The van der Waals surface area contributed by atoms with E-state index in [0.29, 0.717) is 26.1 Å². The molecule has 2 aromatic carbocycles. The largest absolute Gasteiger partial charge is 0.483 e. The number of para-hydroxylation sites is 1. The van der Waals surface area contributed by atoms with Crippen LogP contribution in [-0.4, -0.2) is 65.5 Å². The van der Waals surface area contributed by atoms with Gasteiger partial charge in [0.25, 0.3) is 5.91 Å². The van der Waals surface area contributed by atoms with E-state index < -0.39 is 64.0 Å². The average Bonchev–Trinajstić information content (AvgIpc) is 3.38. The first kappa shape index (κ1) is 27.6. The number of anilines is 1. The summed E-state index contributed by atoms with van der Waals surface area (Å²) >= 11 is 1.90. The maximum Gasteiger partial charge on any atom is 0.323 e. The first-order chi connectivity index (χ1) is 18.9. The molecule has 0 aliphatic carbocycles. The SMILES string of the molecule is NS(=O)(=O)c1ccc(NC(=O)COc2ccccc2[C@@H]2c3sc(=O)[nH]c3SC3C(=O)N(CC(=O)O)C(=O)C32)cc1. The van der Waals surface area contributed by atoms with Crippen molar-refractivity contribution in [1.82, 2.24) is 9.88 Å². The van der Waals surface area contributed by atoms with Crippen LogP contribution in [0.5, 0.6) is 5.75 Å². The minimum Gasteiger partial charge on any atom is -0.483 e. The number of imide groups is 1. The summed E-state index contributed by atoms with van der Waals surface area (Å²) in [5, 5.41) is 16.3. The molecule has 0 bridgehead atoms. The number of sulfonamides is 1. The van der Waals surface area contributed by atoms with Gasteiger partial charge >= 0.3 is 10.8 Å². The molecule has 208 valence electrons. The van der Waals surface area contributed by atoms with Crippen LogP contribution in [0.15, 0.2) is 63.2 Å². The molecule has 0 spiro atoms. The maximum absolute atomic E-state index is 13.3. The number of nitrogens with zero attached hydrogens (tertiary/aromatic N) is 1. The number of carbonyl (C=O) groups is 4. The summed E-state index contributed by atoms with van der Waals surface area (Å²) in [7, 11) is -3.89. The third-order valence-corrected chi connectivity index (χ3v) is 9.62. The molecule has 1 aromatic heterocycles. The molecule has 0 saturated carbocycles. The lowest BCUT2D eigenvalue weighted by atomic mass is 9.82. The van der Waals surface area contributed by atoms with Gasteiger partial charge in [0, 0.05) is 22.0 Å². The number of aliphatic carboxylic acids is 1. The highest BCUT2D eigenvalue weighted by Crippen LogP contribution is 2.53. The molecule has 2 aliphatic rings. The van der Waals surface area contributed by atoms with E-state index in [1.165, 1.54) is 24.3 Å². The molecule has 40 heavy (non-hydrogen) atoms. The van der Waals surface area contributed by atoms with E-state index in [1.54, 1.807) is 24.3 Å². The number of aromatic amines is 1. The van der Waals surface area contributed by atoms with E-state index in [2.05, 4.69) is 10.3 Å². The Bertz CT molecular complexity index is 1700. The number of rotatable bonds is 8. The number of thiazole rings is 1. The van der Waals surface area contributed by atoms with Crippen molar-refractivity contribution in [1.29, 1.82) is 0 Å². The number of benzene rings is 2. The number of H-pyrrole nitrogens is 1. The first-order valence-electron chi connectivity index (χ1n) is 11.5. The van der Waals surface area contributed by atoms with Crippen LogP contribution in [0.25, 0.3) is 0 Å². The van der Waals surface area contributed by atoms with Crippen molar-refractivity contribution in [3.63, 3.8) is 0 Å². The fourth-order valence-electron chi connectivity index (χ4n) is 4.64. The molecule has 2 aliphatic heterocycles. The Morgan fingerprint density at radius 2 is 1.77 bits per heavy atom. The molecular formula is C24H20N4O9S3. The number of hydrogen-bond acceptors (Lipinski definition) is 10. The van der Waals surface area contributed by atoms with E-state index in [4.69, 9.17) is 9.88 Å².